The van der Waals surface area contributed by atoms with Gasteiger partial charge in [-0.3, -0.25) is 4.79 Å². The summed E-state index contributed by atoms with van der Waals surface area (Å²) in [7, 11) is 0. The maximum absolute atomic E-state index is 12.5. The second kappa shape index (κ2) is 9.70. The summed E-state index contributed by atoms with van der Waals surface area (Å²) in [4.78, 5) is 26.1. The van der Waals surface area contributed by atoms with E-state index in [0.717, 1.165) is 0 Å². The molecule has 1 fully saturated rings. The van der Waals surface area contributed by atoms with Crippen LogP contribution in [0.15, 0.2) is 18.2 Å². The minimum absolute atomic E-state index is 0.0235. The van der Waals surface area contributed by atoms with Crippen LogP contribution in [0.1, 0.15) is 58.3 Å². The Labute approximate surface area is 182 Å². The molecule has 1 aliphatic heterocycles. The summed E-state index contributed by atoms with van der Waals surface area (Å²) in [5.41, 5.74) is -0.0199. The van der Waals surface area contributed by atoms with Gasteiger partial charge in [0.05, 0.1) is 10.0 Å². The number of rotatable bonds is 2. The molecule has 4 nitrogen and oxygen atoms in total. The fraction of sp³-hybridized carbons (Fsp3) is 0.600. The molecule has 7 heteroatoms. The average molecular weight is 408 g/mol. The van der Waals surface area contributed by atoms with Crippen molar-refractivity contribution in [2.24, 2.45) is 5.92 Å². The molecule has 27 heavy (non-hydrogen) atoms. The Morgan fingerprint density at radius 3 is 2.15 bits per heavy atom. The van der Waals surface area contributed by atoms with Crippen molar-refractivity contribution in [1.29, 1.82) is 0 Å². The standard InChI is InChI=1S/C16H19Cl2NO3.C4H9.Li/c1-16(2,3)22-15(21)19-7-6-11(9-19)14(20)10-4-5-12(17)13(18)8-10;1-4(2)3;/h4-5,8,11H,6-7,9H2,1-3H3;1-3H3;. The van der Waals surface area contributed by atoms with Gasteiger partial charge in [-0.1, -0.05) is 23.2 Å². The molecule has 1 heterocycles. The van der Waals surface area contributed by atoms with Crippen LogP contribution in [0.4, 0.5) is 4.79 Å². The number of hydrogen-bond donors (Lipinski definition) is 0. The maximum atomic E-state index is 12.5. The molecule has 2 rings (SSSR count). The molecule has 146 valence electrons. The van der Waals surface area contributed by atoms with Crippen molar-refractivity contribution < 1.29 is 14.3 Å². The van der Waals surface area contributed by atoms with Gasteiger partial charge in [0, 0.05) is 24.6 Å². The zero-order valence-corrected chi connectivity index (χ0v) is 18.9. The molecular formula is C20H28Cl2LiNO3. The number of carbonyl (C=O) groups excluding carboxylic acids is 2. The van der Waals surface area contributed by atoms with Gasteiger partial charge in [0.1, 0.15) is 5.60 Å². The van der Waals surface area contributed by atoms with E-state index in [1.165, 1.54) is 0 Å². The van der Waals surface area contributed by atoms with Gasteiger partial charge >= 0.3 is 48.7 Å². The molecule has 1 unspecified atom stereocenters. The number of ketones is 1. The topological polar surface area (TPSA) is 46.6 Å². The number of halogens is 2. The molecule has 1 aromatic rings. The number of hydrogen-bond acceptors (Lipinski definition) is 3. The molecule has 0 bridgehead atoms. The van der Waals surface area contributed by atoms with Gasteiger partial charge < -0.3 is 9.64 Å². The summed E-state index contributed by atoms with van der Waals surface area (Å²) in [6.45, 7) is 12.9. The molecule has 0 saturated carbocycles. The Morgan fingerprint density at radius 2 is 1.67 bits per heavy atom. The zero-order valence-electron chi connectivity index (χ0n) is 17.4. The van der Waals surface area contributed by atoms with Crippen molar-refractivity contribution in [2.45, 2.75) is 57.7 Å². The number of Topliss-reactive ketones (excluding diaryl/α,β-unsaturated/α-hetero) is 1. The van der Waals surface area contributed by atoms with Gasteiger partial charge in [-0.25, -0.2) is 4.79 Å². The number of likely N-dealkylation sites (tertiary alicyclic amines) is 1. The Bertz CT molecular complexity index is 675. The number of nitrogens with zero attached hydrogens (tertiary/aromatic N) is 1. The van der Waals surface area contributed by atoms with E-state index in [1.54, 1.807) is 23.1 Å². The van der Waals surface area contributed by atoms with E-state index < -0.39 is 5.60 Å². The molecule has 0 spiro atoms. The van der Waals surface area contributed by atoms with Crippen LogP contribution in [0.5, 0.6) is 0 Å². The van der Waals surface area contributed by atoms with Crippen LogP contribution in [-0.4, -0.2) is 53.2 Å². The Hall–Kier alpha value is -0.663. The van der Waals surface area contributed by atoms with Crippen molar-refractivity contribution in [3.63, 3.8) is 0 Å². The molecule has 0 aromatic heterocycles. The third-order valence-electron chi connectivity index (χ3n) is 3.41. The van der Waals surface area contributed by atoms with Gasteiger partial charge in [0.25, 0.3) is 0 Å². The molecule has 0 aliphatic carbocycles. The monoisotopic (exact) mass is 407 g/mol. The van der Waals surface area contributed by atoms with Crippen molar-refractivity contribution in [3.05, 3.63) is 33.8 Å². The summed E-state index contributed by atoms with van der Waals surface area (Å²) in [6.07, 6.45) is 0.246. The first-order chi connectivity index (χ1) is 12.2. The van der Waals surface area contributed by atoms with E-state index in [1.807, 2.05) is 20.8 Å². The molecule has 1 aliphatic rings. The second-order valence-electron chi connectivity index (χ2n) is 9.41. The number of ether oxygens (including phenoxy) is 1. The van der Waals surface area contributed by atoms with Crippen LogP contribution in [0.2, 0.25) is 14.1 Å². The van der Waals surface area contributed by atoms with Crippen LogP contribution in [0, 0.1) is 5.92 Å². The van der Waals surface area contributed by atoms with Crippen LogP contribution >= 0.6 is 23.2 Å². The normalized spacial score (nSPS) is 17.3. The van der Waals surface area contributed by atoms with Gasteiger partial charge in [0.2, 0.25) is 0 Å². The quantitative estimate of drug-likeness (QED) is 0.459. The van der Waals surface area contributed by atoms with Crippen molar-refractivity contribution >= 4 is 52.8 Å². The second-order valence-corrected chi connectivity index (χ2v) is 10.2. The molecule has 0 N–H and O–H groups in total. The van der Waals surface area contributed by atoms with Gasteiger partial charge in [0.15, 0.2) is 5.78 Å². The minimum atomic E-state index is -0.539. The van der Waals surface area contributed by atoms with Gasteiger partial charge in [-0.15, -0.1) is 0 Å². The predicted molar refractivity (Wildman–Crippen MR) is 112 cm³/mol. The molecule has 1 amide bonds. The van der Waals surface area contributed by atoms with Crippen LogP contribution in [-0.2, 0) is 4.74 Å². The SMILES string of the molecule is CC(C)(C)OC(=O)N1CCC(C(=O)c2ccc(Cl)c(Cl)c2)C1.[Li][C](C)(C)C. The molecule has 0 radical (unpaired) electrons. The van der Waals surface area contributed by atoms with Crippen molar-refractivity contribution in [1.82, 2.24) is 4.90 Å². The van der Waals surface area contributed by atoms with Gasteiger partial charge in [-0.2, -0.15) is 0 Å². The molecule has 1 saturated heterocycles. The number of amides is 1. The fourth-order valence-electron chi connectivity index (χ4n) is 2.35. The van der Waals surface area contributed by atoms with E-state index in [2.05, 4.69) is 38.5 Å². The first kappa shape index (κ1) is 24.4. The molecule has 1 atom stereocenters. The van der Waals surface area contributed by atoms with Crippen molar-refractivity contribution in [2.75, 3.05) is 13.1 Å². The van der Waals surface area contributed by atoms with Crippen molar-refractivity contribution in [3.8, 4) is 0 Å². The first-order valence-electron chi connectivity index (χ1n) is 9.14. The third kappa shape index (κ3) is 9.39. The average Bonchev–Trinajstić information content (AvgIpc) is 2.96. The number of carbonyl (C=O) groups is 2. The summed E-state index contributed by atoms with van der Waals surface area (Å²) in [5.74, 6) is -0.255. The van der Waals surface area contributed by atoms with E-state index in [-0.39, 0.29) is 17.8 Å². The predicted octanol–water partition coefficient (Wildman–Crippen LogP) is 5.81. The van der Waals surface area contributed by atoms with E-state index in [4.69, 9.17) is 27.9 Å². The summed E-state index contributed by atoms with van der Waals surface area (Å²) >= 11 is 14.0. The van der Waals surface area contributed by atoms with E-state index >= 15 is 0 Å². The van der Waals surface area contributed by atoms with Crippen LogP contribution in [0.3, 0.4) is 0 Å². The van der Waals surface area contributed by atoms with E-state index in [9.17, 15) is 9.59 Å². The van der Waals surface area contributed by atoms with Gasteiger partial charge in [-0.05, 0) is 45.4 Å². The summed E-state index contributed by atoms with van der Waals surface area (Å²) in [6, 6.07) is 4.84. The first-order valence-corrected chi connectivity index (χ1v) is 9.90. The molecule has 1 aromatic carbocycles. The zero-order chi connectivity index (χ0) is 21.0. The summed E-state index contributed by atoms with van der Waals surface area (Å²) in [5, 5.41) is 0.773. The van der Waals surface area contributed by atoms with Crippen LogP contribution < -0.4 is 0 Å². The Morgan fingerprint density at radius 1 is 1.11 bits per heavy atom. The molecular weight excluding hydrogens is 380 g/mol. The van der Waals surface area contributed by atoms with Crippen LogP contribution in [0.25, 0.3) is 0 Å². The Balaban J connectivity index is 0.000000646. The van der Waals surface area contributed by atoms with E-state index in [0.29, 0.717) is 39.2 Å². The number of benzene rings is 1. The Kier molecular flexibility index (Phi) is 8.76. The fourth-order valence-corrected chi connectivity index (χ4v) is 2.65. The third-order valence-corrected chi connectivity index (χ3v) is 4.15. The summed E-state index contributed by atoms with van der Waals surface area (Å²) < 4.78 is 5.83.